The third kappa shape index (κ3) is 4.83. The van der Waals surface area contributed by atoms with Gasteiger partial charge in [-0.3, -0.25) is 10.1 Å². The molecule has 1 N–H and O–H groups in total. The van der Waals surface area contributed by atoms with E-state index in [2.05, 4.69) is 30.4 Å². The van der Waals surface area contributed by atoms with Crippen LogP contribution >= 0.6 is 11.3 Å². The molecule has 0 unspecified atom stereocenters. The van der Waals surface area contributed by atoms with E-state index in [0.717, 1.165) is 25.0 Å². The van der Waals surface area contributed by atoms with Crippen LogP contribution in [0.3, 0.4) is 0 Å². The highest BCUT2D eigenvalue weighted by atomic mass is 32.2. The van der Waals surface area contributed by atoms with Crippen LogP contribution in [-0.4, -0.2) is 36.7 Å². The number of amides is 1. The Hall–Kier alpha value is -2.29. The number of thiazole rings is 1. The van der Waals surface area contributed by atoms with E-state index in [1.165, 1.54) is 56.9 Å². The minimum absolute atomic E-state index is 0.122. The predicted octanol–water partition coefficient (Wildman–Crippen LogP) is 3.88. The van der Waals surface area contributed by atoms with Gasteiger partial charge in [0.15, 0.2) is 5.13 Å². The molecular weight excluding hydrogens is 406 g/mol. The van der Waals surface area contributed by atoms with Crippen molar-refractivity contribution < 1.29 is 13.2 Å². The number of hydrogen-bond donors (Lipinski definition) is 1. The second-order valence-electron chi connectivity index (χ2n) is 7.11. The molecule has 0 saturated heterocycles. The van der Waals surface area contributed by atoms with Gasteiger partial charge in [0, 0.05) is 23.5 Å². The van der Waals surface area contributed by atoms with Gasteiger partial charge < -0.3 is 0 Å². The minimum Gasteiger partial charge on any atom is -0.298 e. The Morgan fingerprint density at radius 2 is 1.93 bits per heavy atom. The Bertz CT molecular complexity index is 1000. The molecule has 29 heavy (non-hydrogen) atoms. The van der Waals surface area contributed by atoms with E-state index in [1.54, 1.807) is 0 Å². The molecule has 1 amide bonds. The van der Waals surface area contributed by atoms with Crippen LogP contribution in [0.5, 0.6) is 0 Å². The van der Waals surface area contributed by atoms with E-state index in [9.17, 15) is 13.2 Å². The summed E-state index contributed by atoms with van der Waals surface area (Å²) in [4.78, 5) is 18.5. The lowest BCUT2D eigenvalue weighted by atomic mass is 9.93. The van der Waals surface area contributed by atoms with Gasteiger partial charge in [-0.2, -0.15) is 4.31 Å². The Balaban J connectivity index is 1.73. The highest BCUT2D eigenvalue weighted by Gasteiger charge is 2.23. The highest BCUT2D eigenvalue weighted by molar-refractivity contribution is 7.89. The summed E-state index contributed by atoms with van der Waals surface area (Å²) in [6.07, 6.45) is 6.12. The predicted molar refractivity (Wildman–Crippen MR) is 117 cm³/mol. The lowest BCUT2D eigenvalue weighted by molar-refractivity contribution is 0.102. The van der Waals surface area contributed by atoms with Crippen LogP contribution in [0.1, 0.15) is 34.3 Å². The molecule has 0 bridgehead atoms. The van der Waals surface area contributed by atoms with Crippen LogP contribution < -0.4 is 5.32 Å². The normalized spacial score (nSPS) is 16.3. The first-order valence-electron chi connectivity index (χ1n) is 9.47. The molecule has 1 aromatic carbocycles. The van der Waals surface area contributed by atoms with Crippen molar-refractivity contribution >= 4 is 32.4 Å². The molecule has 1 atom stereocenters. The van der Waals surface area contributed by atoms with E-state index < -0.39 is 10.0 Å². The smallest absolute Gasteiger partial charge is 0.257 e. The van der Waals surface area contributed by atoms with Crippen molar-refractivity contribution in [3.05, 3.63) is 65.7 Å². The molecule has 0 radical (unpaired) electrons. The van der Waals surface area contributed by atoms with Crippen molar-refractivity contribution in [1.29, 1.82) is 0 Å². The number of nitrogens with one attached hydrogen (secondary N) is 1. The second kappa shape index (κ2) is 9.02. The number of sulfonamides is 1. The average molecular weight is 432 g/mol. The highest BCUT2D eigenvalue weighted by Crippen LogP contribution is 2.32. The summed E-state index contributed by atoms with van der Waals surface area (Å²) in [7, 11) is -3.69. The number of aromatic nitrogens is 1. The van der Waals surface area contributed by atoms with Gasteiger partial charge >= 0.3 is 0 Å². The van der Waals surface area contributed by atoms with Crippen molar-refractivity contribution in [3.8, 4) is 0 Å². The number of carbonyl (C=O) groups is 1. The number of rotatable bonds is 8. The quantitative estimate of drug-likeness (QED) is 0.643. The third-order valence-corrected chi connectivity index (χ3v) is 7.71. The molecule has 1 heterocycles. The van der Waals surface area contributed by atoms with Gasteiger partial charge in [-0.05, 0) is 49.4 Å². The number of anilines is 1. The lowest BCUT2D eigenvalue weighted by Gasteiger charge is -2.19. The lowest BCUT2D eigenvalue weighted by Crippen LogP contribution is -2.31. The topological polar surface area (TPSA) is 79.4 Å². The zero-order valence-corrected chi connectivity index (χ0v) is 18.1. The maximum Gasteiger partial charge on any atom is 0.257 e. The fourth-order valence-electron chi connectivity index (χ4n) is 3.25. The summed E-state index contributed by atoms with van der Waals surface area (Å²) in [5.74, 6) is 0.338. The van der Waals surface area contributed by atoms with E-state index in [1.807, 2.05) is 0 Å². The maximum atomic E-state index is 12.7. The first-order chi connectivity index (χ1) is 13.8. The molecule has 0 aliphatic heterocycles. The van der Waals surface area contributed by atoms with Gasteiger partial charge in [-0.15, -0.1) is 24.5 Å². The minimum atomic E-state index is -3.69. The van der Waals surface area contributed by atoms with Gasteiger partial charge in [0.25, 0.3) is 5.91 Å². The molecule has 8 heteroatoms. The SMILES string of the molecule is C=CCN(CC=C)S(=O)(=O)c1ccc(C(=O)Nc2nc3c(s2)C[C@@H](C)CC3)cc1. The standard InChI is InChI=1S/C21H25N3O3S2/c1-4-12-24(13-5-2)29(26,27)17-9-7-16(8-10-17)20(25)23-21-22-18-11-6-15(3)14-19(18)28-21/h4-5,7-10,15H,1-2,6,11-14H2,3H3,(H,22,23,25)/t15-/m0/s1. The number of benzene rings is 1. The number of fused-ring (bicyclic) bond motifs is 1. The number of carbonyl (C=O) groups excluding carboxylic acids is 1. The molecule has 0 spiro atoms. The van der Waals surface area contributed by atoms with Crippen molar-refractivity contribution in [2.75, 3.05) is 18.4 Å². The Morgan fingerprint density at radius 1 is 1.28 bits per heavy atom. The van der Waals surface area contributed by atoms with Crippen molar-refractivity contribution in [2.45, 2.75) is 31.1 Å². The van der Waals surface area contributed by atoms with Crippen LogP contribution in [0.2, 0.25) is 0 Å². The number of hydrogen-bond acceptors (Lipinski definition) is 5. The zero-order valence-electron chi connectivity index (χ0n) is 16.4. The molecule has 1 aliphatic rings. The molecule has 1 aromatic heterocycles. The monoisotopic (exact) mass is 431 g/mol. The van der Waals surface area contributed by atoms with E-state index >= 15 is 0 Å². The summed E-state index contributed by atoms with van der Waals surface area (Å²) in [6.45, 7) is 9.79. The fraction of sp³-hybridized carbons (Fsp3) is 0.333. The summed E-state index contributed by atoms with van der Waals surface area (Å²) in [5.41, 5.74) is 1.46. The molecule has 6 nitrogen and oxygen atoms in total. The Labute approximate surface area is 176 Å². The molecule has 2 aromatic rings. The molecule has 0 fully saturated rings. The summed E-state index contributed by atoms with van der Waals surface area (Å²) in [5, 5.41) is 3.43. The first-order valence-corrected chi connectivity index (χ1v) is 11.7. The largest absolute Gasteiger partial charge is 0.298 e. The van der Waals surface area contributed by atoms with Crippen molar-refractivity contribution in [3.63, 3.8) is 0 Å². The van der Waals surface area contributed by atoms with Crippen LogP contribution in [0.25, 0.3) is 0 Å². The second-order valence-corrected chi connectivity index (χ2v) is 10.1. The van der Waals surface area contributed by atoms with Crippen molar-refractivity contribution in [2.24, 2.45) is 5.92 Å². The Kier molecular flexibility index (Phi) is 6.66. The summed E-state index contributed by atoms with van der Waals surface area (Å²) >= 11 is 1.52. The maximum absolute atomic E-state index is 12.7. The number of nitrogens with zero attached hydrogens (tertiary/aromatic N) is 2. The van der Waals surface area contributed by atoms with E-state index in [-0.39, 0.29) is 23.9 Å². The number of aryl methyl sites for hydroxylation is 1. The van der Waals surface area contributed by atoms with Gasteiger partial charge in [-0.25, -0.2) is 13.4 Å². The van der Waals surface area contributed by atoms with Gasteiger partial charge in [0.2, 0.25) is 10.0 Å². The van der Waals surface area contributed by atoms with Crippen LogP contribution in [0.4, 0.5) is 5.13 Å². The molecular formula is C21H25N3O3S2. The Morgan fingerprint density at radius 3 is 2.55 bits per heavy atom. The van der Waals surface area contributed by atoms with Crippen LogP contribution in [0.15, 0.2) is 54.5 Å². The fourth-order valence-corrected chi connectivity index (χ4v) is 5.80. The van der Waals surface area contributed by atoms with Gasteiger partial charge in [0.05, 0.1) is 10.6 Å². The van der Waals surface area contributed by atoms with Crippen LogP contribution in [0, 0.1) is 5.92 Å². The summed E-state index contributed by atoms with van der Waals surface area (Å²) < 4.78 is 26.8. The zero-order chi connectivity index (χ0) is 21.0. The van der Waals surface area contributed by atoms with Gasteiger partial charge in [-0.1, -0.05) is 19.1 Å². The summed E-state index contributed by atoms with van der Waals surface area (Å²) in [6, 6.07) is 5.91. The average Bonchev–Trinajstić information content (AvgIpc) is 3.09. The molecule has 1 aliphatic carbocycles. The molecule has 154 valence electrons. The van der Waals surface area contributed by atoms with Crippen LogP contribution in [-0.2, 0) is 22.9 Å². The van der Waals surface area contributed by atoms with E-state index in [4.69, 9.17) is 0 Å². The molecule has 0 saturated carbocycles. The van der Waals surface area contributed by atoms with E-state index in [0.29, 0.717) is 16.6 Å². The first kappa shape index (κ1) is 21.4. The molecule has 3 rings (SSSR count). The third-order valence-electron chi connectivity index (χ3n) is 4.83. The van der Waals surface area contributed by atoms with Crippen molar-refractivity contribution in [1.82, 2.24) is 9.29 Å². The van der Waals surface area contributed by atoms with Gasteiger partial charge in [0.1, 0.15) is 0 Å².